The number of carbonyl (C=O) groups excluding carboxylic acids is 2. The molecule has 3 amide bonds. The van der Waals surface area contributed by atoms with E-state index in [0.717, 1.165) is 4.90 Å². The minimum Gasteiger partial charge on any atom is -0.480 e. The van der Waals surface area contributed by atoms with Gasteiger partial charge in [0.05, 0.1) is 0 Å². The first kappa shape index (κ1) is 15.2. The van der Waals surface area contributed by atoms with Crippen molar-refractivity contribution in [3.63, 3.8) is 0 Å². The maximum atomic E-state index is 11.5. The van der Waals surface area contributed by atoms with Gasteiger partial charge in [-0.1, -0.05) is 0 Å². The molecule has 0 aliphatic heterocycles. The standard InChI is InChI=1S/C9H17N3O5/c1-12(5-7(10)13)9(16)11-6(8(14)15)3-4-17-2/h6H,3-5H2,1-2H3,(H2,10,13)(H,11,16)(H,14,15). The van der Waals surface area contributed by atoms with Gasteiger partial charge in [0.15, 0.2) is 0 Å². The summed E-state index contributed by atoms with van der Waals surface area (Å²) in [6, 6.07) is -1.73. The van der Waals surface area contributed by atoms with E-state index in [1.54, 1.807) is 0 Å². The molecule has 0 bridgehead atoms. The van der Waals surface area contributed by atoms with Crippen LogP contribution < -0.4 is 11.1 Å². The van der Waals surface area contributed by atoms with Gasteiger partial charge in [0, 0.05) is 27.2 Å². The number of likely N-dealkylation sites (N-methyl/N-ethyl adjacent to an activating group) is 1. The van der Waals surface area contributed by atoms with E-state index < -0.39 is 23.9 Å². The highest BCUT2D eigenvalue weighted by atomic mass is 16.5. The predicted molar refractivity (Wildman–Crippen MR) is 58.3 cm³/mol. The molecule has 8 heteroatoms. The summed E-state index contributed by atoms with van der Waals surface area (Å²) >= 11 is 0. The van der Waals surface area contributed by atoms with Gasteiger partial charge in [-0.25, -0.2) is 9.59 Å². The first-order chi connectivity index (χ1) is 7.88. The Kier molecular flexibility index (Phi) is 6.64. The molecule has 0 aromatic heterocycles. The summed E-state index contributed by atoms with van der Waals surface area (Å²) in [4.78, 5) is 33.8. The monoisotopic (exact) mass is 247 g/mol. The lowest BCUT2D eigenvalue weighted by atomic mass is 10.2. The van der Waals surface area contributed by atoms with Crippen molar-refractivity contribution in [2.45, 2.75) is 12.5 Å². The number of amides is 3. The Morgan fingerprint density at radius 2 is 2.06 bits per heavy atom. The number of ether oxygens (including phenoxy) is 1. The third-order valence-electron chi connectivity index (χ3n) is 1.95. The van der Waals surface area contributed by atoms with Gasteiger partial charge in [-0.05, 0) is 0 Å². The fraction of sp³-hybridized carbons (Fsp3) is 0.667. The third-order valence-corrected chi connectivity index (χ3v) is 1.95. The zero-order valence-electron chi connectivity index (χ0n) is 9.80. The Morgan fingerprint density at radius 3 is 2.47 bits per heavy atom. The number of urea groups is 1. The molecule has 0 saturated carbocycles. The van der Waals surface area contributed by atoms with Gasteiger partial charge in [0.1, 0.15) is 12.6 Å². The summed E-state index contributed by atoms with van der Waals surface area (Å²) in [6.45, 7) is -0.0702. The van der Waals surface area contributed by atoms with Crippen molar-refractivity contribution in [3.8, 4) is 0 Å². The number of primary amides is 1. The Balaban J connectivity index is 4.29. The molecule has 17 heavy (non-hydrogen) atoms. The van der Waals surface area contributed by atoms with E-state index in [1.165, 1.54) is 14.2 Å². The number of nitrogens with zero attached hydrogens (tertiary/aromatic N) is 1. The van der Waals surface area contributed by atoms with Gasteiger partial charge in [-0.2, -0.15) is 0 Å². The molecule has 0 heterocycles. The van der Waals surface area contributed by atoms with E-state index in [0.29, 0.717) is 0 Å². The molecular weight excluding hydrogens is 230 g/mol. The number of carboxylic acids is 1. The normalized spacial score (nSPS) is 11.6. The van der Waals surface area contributed by atoms with E-state index in [1.807, 2.05) is 0 Å². The second kappa shape index (κ2) is 7.44. The summed E-state index contributed by atoms with van der Waals surface area (Å²) < 4.78 is 4.73. The minimum absolute atomic E-state index is 0.141. The zero-order valence-corrected chi connectivity index (χ0v) is 9.80. The molecule has 0 saturated heterocycles. The topological polar surface area (TPSA) is 122 Å². The van der Waals surface area contributed by atoms with E-state index in [-0.39, 0.29) is 19.6 Å². The molecule has 0 aliphatic carbocycles. The van der Waals surface area contributed by atoms with Crippen molar-refractivity contribution in [2.24, 2.45) is 5.73 Å². The second-order valence-corrected chi connectivity index (χ2v) is 3.44. The van der Waals surface area contributed by atoms with Crippen LogP contribution in [0.2, 0.25) is 0 Å². The smallest absolute Gasteiger partial charge is 0.326 e. The maximum Gasteiger partial charge on any atom is 0.326 e. The van der Waals surface area contributed by atoms with Crippen molar-refractivity contribution in [2.75, 3.05) is 27.3 Å². The summed E-state index contributed by atoms with van der Waals surface area (Å²) in [5, 5.41) is 11.1. The zero-order chi connectivity index (χ0) is 13.4. The minimum atomic E-state index is -1.16. The molecule has 0 rings (SSSR count). The number of methoxy groups -OCH3 is 1. The molecule has 1 unspecified atom stereocenters. The summed E-state index contributed by atoms with van der Waals surface area (Å²) in [5.74, 6) is -1.84. The van der Waals surface area contributed by atoms with Crippen LogP contribution in [-0.4, -0.2) is 61.3 Å². The van der Waals surface area contributed by atoms with Crippen LogP contribution in [0, 0.1) is 0 Å². The third kappa shape index (κ3) is 6.36. The van der Waals surface area contributed by atoms with E-state index >= 15 is 0 Å². The Hall–Kier alpha value is -1.83. The van der Waals surface area contributed by atoms with Crippen molar-refractivity contribution in [3.05, 3.63) is 0 Å². The molecule has 98 valence electrons. The number of rotatable bonds is 7. The van der Waals surface area contributed by atoms with Gasteiger partial charge < -0.3 is 25.8 Å². The van der Waals surface area contributed by atoms with Gasteiger partial charge in [0.25, 0.3) is 0 Å². The number of hydrogen-bond donors (Lipinski definition) is 3. The number of carboxylic acid groups (broad SMARTS) is 1. The Bertz CT molecular complexity index is 294. The molecular formula is C9H17N3O5. The van der Waals surface area contributed by atoms with Gasteiger partial charge >= 0.3 is 12.0 Å². The van der Waals surface area contributed by atoms with Crippen LogP contribution in [0.1, 0.15) is 6.42 Å². The number of aliphatic carboxylic acids is 1. The molecule has 0 aromatic rings. The lowest BCUT2D eigenvalue weighted by molar-refractivity contribution is -0.139. The average molecular weight is 247 g/mol. The molecule has 0 aliphatic rings. The van der Waals surface area contributed by atoms with Crippen LogP contribution >= 0.6 is 0 Å². The van der Waals surface area contributed by atoms with Crippen molar-refractivity contribution < 1.29 is 24.2 Å². The fourth-order valence-corrected chi connectivity index (χ4v) is 1.06. The average Bonchev–Trinajstić information content (AvgIpc) is 2.22. The molecule has 0 radical (unpaired) electrons. The highest BCUT2D eigenvalue weighted by molar-refractivity contribution is 5.85. The van der Waals surface area contributed by atoms with E-state index in [2.05, 4.69) is 5.32 Å². The van der Waals surface area contributed by atoms with Gasteiger partial charge in [-0.15, -0.1) is 0 Å². The number of nitrogens with two attached hydrogens (primary N) is 1. The fourth-order valence-electron chi connectivity index (χ4n) is 1.06. The molecule has 4 N–H and O–H groups in total. The van der Waals surface area contributed by atoms with Crippen LogP contribution in [0.25, 0.3) is 0 Å². The molecule has 0 spiro atoms. The lowest BCUT2D eigenvalue weighted by Crippen LogP contribution is -2.48. The van der Waals surface area contributed by atoms with Crippen LogP contribution in [0.4, 0.5) is 4.79 Å². The van der Waals surface area contributed by atoms with Crippen molar-refractivity contribution in [1.82, 2.24) is 10.2 Å². The number of nitrogens with one attached hydrogen (secondary N) is 1. The summed E-state index contributed by atoms with van der Waals surface area (Å²) in [6.07, 6.45) is 0.141. The Labute approximate surface area is 98.7 Å². The van der Waals surface area contributed by atoms with Crippen molar-refractivity contribution >= 4 is 17.9 Å². The molecule has 8 nitrogen and oxygen atoms in total. The molecule has 0 fully saturated rings. The molecule has 1 atom stereocenters. The first-order valence-corrected chi connectivity index (χ1v) is 4.90. The van der Waals surface area contributed by atoms with E-state index in [9.17, 15) is 14.4 Å². The summed E-state index contributed by atoms with van der Waals surface area (Å²) in [7, 11) is 2.77. The highest BCUT2D eigenvalue weighted by Crippen LogP contribution is 1.95. The number of hydrogen-bond acceptors (Lipinski definition) is 4. The largest absolute Gasteiger partial charge is 0.480 e. The number of carbonyl (C=O) groups is 3. The highest BCUT2D eigenvalue weighted by Gasteiger charge is 2.21. The van der Waals surface area contributed by atoms with Crippen LogP contribution in [0.5, 0.6) is 0 Å². The summed E-state index contributed by atoms with van der Waals surface area (Å²) in [5.41, 5.74) is 4.91. The van der Waals surface area contributed by atoms with Crippen molar-refractivity contribution in [1.29, 1.82) is 0 Å². The second-order valence-electron chi connectivity index (χ2n) is 3.44. The van der Waals surface area contributed by atoms with Gasteiger partial charge in [0.2, 0.25) is 5.91 Å². The van der Waals surface area contributed by atoms with Crippen LogP contribution in [0.3, 0.4) is 0 Å². The molecule has 0 aromatic carbocycles. The maximum absolute atomic E-state index is 11.5. The van der Waals surface area contributed by atoms with Crippen LogP contribution in [0.15, 0.2) is 0 Å². The van der Waals surface area contributed by atoms with Gasteiger partial charge in [-0.3, -0.25) is 4.79 Å². The Morgan fingerprint density at radius 1 is 1.47 bits per heavy atom. The predicted octanol–water partition coefficient (Wildman–Crippen LogP) is -1.40. The lowest BCUT2D eigenvalue weighted by Gasteiger charge is -2.20. The SMILES string of the molecule is COCCC(NC(=O)N(C)CC(N)=O)C(=O)O. The van der Waals surface area contributed by atoms with E-state index in [4.69, 9.17) is 15.6 Å². The quantitative estimate of drug-likeness (QED) is 0.511. The first-order valence-electron chi connectivity index (χ1n) is 4.90. The van der Waals surface area contributed by atoms with Crippen LogP contribution in [-0.2, 0) is 14.3 Å².